The molecule has 4 rings (SSSR count). The number of rotatable bonds is 4. The van der Waals surface area contributed by atoms with Crippen molar-refractivity contribution in [2.75, 3.05) is 0 Å². The fourth-order valence-corrected chi connectivity index (χ4v) is 2.78. The van der Waals surface area contributed by atoms with Gasteiger partial charge >= 0.3 is 0 Å². The van der Waals surface area contributed by atoms with E-state index in [0.717, 1.165) is 5.56 Å². The normalized spacial score (nSPS) is 11.3. The lowest BCUT2D eigenvalue weighted by molar-refractivity contribution is -0.384. The van der Waals surface area contributed by atoms with Crippen molar-refractivity contribution in [3.8, 4) is 5.69 Å². The molecule has 0 aliphatic heterocycles. The van der Waals surface area contributed by atoms with E-state index >= 15 is 0 Å². The first kappa shape index (κ1) is 16.5. The third-order valence-corrected chi connectivity index (χ3v) is 4.09. The highest BCUT2D eigenvalue weighted by Crippen LogP contribution is 2.18. The van der Waals surface area contributed by atoms with E-state index in [1.165, 1.54) is 28.8 Å². The van der Waals surface area contributed by atoms with E-state index in [2.05, 4.69) is 4.98 Å². The van der Waals surface area contributed by atoms with Crippen LogP contribution in [0, 0.1) is 10.1 Å². The number of nitrogens with zero attached hydrogens (tertiary/aromatic N) is 3. The van der Waals surface area contributed by atoms with Gasteiger partial charge in [0, 0.05) is 17.7 Å². The smallest absolute Gasteiger partial charge is 0.269 e. The number of benzene rings is 2. The molecule has 7 heteroatoms. The zero-order valence-electron chi connectivity index (χ0n) is 14.0. The van der Waals surface area contributed by atoms with Gasteiger partial charge in [0.1, 0.15) is 5.82 Å². The Balaban J connectivity index is 1.93. The standard InChI is InChI=1S/C20H13N3O4/c24-20-17-3-1-2-4-18(17)21-19(10-5-14-11-12-27-13-14)22(20)15-6-8-16(9-7-15)23(25)26/h1-13H/b10-5+. The molecule has 2 heterocycles. The number of hydrogen-bond donors (Lipinski definition) is 0. The van der Waals surface area contributed by atoms with Crippen LogP contribution in [0.2, 0.25) is 0 Å². The molecule has 7 nitrogen and oxygen atoms in total. The highest BCUT2D eigenvalue weighted by atomic mass is 16.6. The predicted octanol–water partition coefficient (Wildman–Crippen LogP) is 4.06. The van der Waals surface area contributed by atoms with Crippen molar-refractivity contribution >= 4 is 28.7 Å². The second-order valence-corrected chi connectivity index (χ2v) is 5.79. The van der Waals surface area contributed by atoms with E-state index < -0.39 is 4.92 Å². The average Bonchev–Trinajstić information content (AvgIpc) is 3.20. The minimum absolute atomic E-state index is 0.0453. The largest absolute Gasteiger partial charge is 0.472 e. The van der Waals surface area contributed by atoms with Crippen molar-refractivity contribution in [1.82, 2.24) is 9.55 Å². The van der Waals surface area contributed by atoms with Crippen molar-refractivity contribution < 1.29 is 9.34 Å². The van der Waals surface area contributed by atoms with Crippen LogP contribution in [0.4, 0.5) is 5.69 Å². The van der Waals surface area contributed by atoms with Gasteiger partial charge in [0.25, 0.3) is 11.2 Å². The number of hydrogen-bond acceptors (Lipinski definition) is 5. The summed E-state index contributed by atoms with van der Waals surface area (Å²) in [5.41, 5.74) is 1.60. The fourth-order valence-electron chi connectivity index (χ4n) is 2.78. The van der Waals surface area contributed by atoms with Gasteiger partial charge in [-0.05, 0) is 42.5 Å². The van der Waals surface area contributed by atoms with Crippen LogP contribution in [0.15, 0.2) is 76.3 Å². The minimum Gasteiger partial charge on any atom is -0.472 e. The molecule has 27 heavy (non-hydrogen) atoms. The van der Waals surface area contributed by atoms with Gasteiger partial charge in [-0.1, -0.05) is 12.1 Å². The summed E-state index contributed by atoms with van der Waals surface area (Å²) in [4.78, 5) is 28.1. The fraction of sp³-hybridized carbons (Fsp3) is 0. The quantitative estimate of drug-likeness (QED) is 0.405. The molecule has 2 aromatic carbocycles. The number of nitro groups is 1. The maximum absolute atomic E-state index is 13.1. The molecule has 0 aliphatic carbocycles. The van der Waals surface area contributed by atoms with Crippen molar-refractivity contribution in [3.63, 3.8) is 0 Å². The number of aromatic nitrogens is 2. The molecule has 0 amide bonds. The first-order chi connectivity index (χ1) is 13.1. The van der Waals surface area contributed by atoms with Crippen LogP contribution >= 0.6 is 0 Å². The van der Waals surface area contributed by atoms with Crippen LogP contribution in [0.3, 0.4) is 0 Å². The van der Waals surface area contributed by atoms with Crippen molar-refractivity contribution in [1.29, 1.82) is 0 Å². The predicted molar refractivity (Wildman–Crippen MR) is 102 cm³/mol. The summed E-state index contributed by atoms with van der Waals surface area (Å²) in [5, 5.41) is 11.4. The molecule has 0 N–H and O–H groups in total. The van der Waals surface area contributed by atoms with Gasteiger partial charge < -0.3 is 4.42 Å². The lowest BCUT2D eigenvalue weighted by Gasteiger charge is -2.11. The topological polar surface area (TPSA) is 91.2 Å². The second kappa shape index (κ2) is 6.72. The minimum atomic E-state index is -0.481. The number of nitro benzene ring substituents is 1. The number of non-ortho nitro benzene ring substituents is 1. The van der Waals surface area contributed by atoms with Gasteiger partial charge in [0.2, 0.25) is 0 Å². The second-order valence-electron chi connectivity index (χ2n) is 5.79. The van der Waals surface area contributed by atoms with E-state index in [0.29, 0.717) is 22.4 Å². The van der Waals surface area contributed by atoms with Crippen LogP contribution in [0.1, 0.15) is 11.4 Å². The van der Waals surface area contributed by atoms with Gasteiger partial charge in [0.05, 0.1) is 34.0 Å². The maximum atomic E-state index is 13.1. The van der Waals surface area contributed by atoms with E-state index in [1.807, 2.05) is 6.07 Å². The summed E-state index contributed by atoms with van der Waals surface area (Å²) in [6.07, 6.45) is 6.62. The van der Waals surface area contributed by atoms with Crippen LogP contribution in [-0.4, -0.2) is 14.5 Å². The Morgan fingerprint density at radius 1 is 1.04 bits per heavy atom. The molecule has 2 aromatic heterocycles. The van der Waals surface area contributed by atoms with Crippen molar-refractivity contribution in [3.05, 3.63) is 99.0 Å². The highest BCUT2D eigenvalue weighted by molar-refractivity contribution is 5.80. The Kier molecular flexibility index (Phi) is 4.10. The van der Waals surface area contributed by atoms with Crippen LogP contribution in [0.5, 0.6) is 0 Å². The van der Waals surface area contributed by atoms with E-state index in [-0.39, 0.29) is 11.2 Å². The molecule has 0 saturated carbocycles. The third kappa shape index (κ3) is 3.13. The lowest BCUT2D eigenvalue weighted by atomic mass is 10.2. The molecule has 0 saturated heterocycles. The van der Waals surface area contributed by atoms with Gasteiger partial charge in [0.15, 0.2) is 0 Å². The van der Waals surface area contributed by atoms with Gasteiger partial charge in [-0.25, -0.2) is 4.98 Å². The van der Waals surface area contributed by atoms with Crippen LogP contribution < -0.4 is 5.56 Å². The van der Waals surface area contributed by atoms with Crippen molar-refractivity contribution in [2.24, 2.45) is 0 Å². The van der Waals surface area contributed by atoms with Crippen LogP contribution in [0.25, 0.3) is 28.7 Å². The van der Waals surface area contributed by atoms with E-state index in [4.69, 9.17) is 4.42 Å². The Bertz CT molecular complexity index is 1210. The monoisotopic (exact) mass is 359 g/mol. The summed E-state index contributed by atoms with van der Waals surface area (Å²) in [5.74, 6) is 0.411. The van der Waals surface area contributed by atoms with Crippen LogP contribution in [-0.2, 0) is 0 Å². The number of para-hydroxylation sites is 1. The maximum Gasteiger partial charge on any atom is 0.269 e. The zero-order valence-corrected chi connectivity index (χ0v) is 14.0. The van der Waals surface area contributed by atoms with Gasteiger partial charge in [-0.3, -0.25) is 19.5 Å². The Labute approximate surface area is 153 Å². The molecule has 132 valence electrons. The Hall–Kier alpha value is -4.00. The molecular weight excluding hydrogens is 346 g/mol. The molecule has 0 aliphatic rings. The number of fused-ring (bicyclic) bond motifs is 1. The summed E-state index contributed by atoms with van der Waals surface area (Å²) < 4.78 is 6.48. The summed E-state index contributed by atoms with van der Waals surface area (Å²) >= 11 is 0. The summed E-state index contributed by atoms with van der Waals surface area (Å²) in [7, 11) is 0. The average molecular weight is 359 g/mol. The van der Waals surface area contributed by atoms with Gasteiger partial charge in [-0.2, -0.15) is 0 Å². The van der Waals surface area contributed by atoms with E-state index in [1.54, 1.807) is 48.9 Å². The van der Waals surface area contributed by atoms with E-state index in [9.17, 15) is 14.9 Å². The first-order valence-corrected chi connectivity index (χ1v) is 8.10. The SMILES string of the molecule is O=c1c2ccccc2nc(/C=C/c2ccoc2)n1-c1ccc([N+](=O)[O-])cc1. The summed E-state index contributed by atoms with van der Waals surface area (Å²) in [6, 6.07) is 14.6. The molecule has 0 unspecified atom stereocenters. The molecule has 0 bridgehead atoms. The summed E-state index contributed by atoms with van der Waals surface area (Å²) in [6.45, 7) is 0. The molecular formula is C20H13N3O4. The van der Waals surface area contributed by atoms with Gasteiger partial charge in [-0.15, -0.1) is 0 Å². The Morgan fingerprint density at radius 2 is 1.81 bits per heavy atom. The molecule has 0 radical (unpaired) electrons. The molecule has 4 aromatic rings. The lowest BCUT2D eigenvalue weighted by Crippen LogP contribution is -2.22. The van der Waals surface area contributed by atoms with Crippen molar-refractivity contribution in [2.45, 2.75) is 0 Å². The zero-order chi connectivity index (χ0) is 18.8. The highest BCUT2D eigenvalue weighted by Gasteiger charge is 2.12. The molecule has 0 atom stereocenters. The number of furan rings is 1. The Morgan fingerprint density at radius 3 is 2.52 bits per heavy atom. The molecule has 0 fully saturated rings. The first-order valence-electron chi connectivity index (χ1n) is 8.10. The molecule has 0 spiro atoms. The third-order valence-electron chi connectivity index (χ3n) is 4.09.